The quantitative estimate of drug-likeness (QED) is 0.737. The van der Waals surface area contributed by atoms with Crippen LogP contribution in [-0.2, 0) is 6.54 Å². The number of anilines is 2. The maximum absolute atomic E-state index is 12.3. The molecule has 1 aromatic heterocycles. The van der Waals surface area contributed by atoms with E-state index in [0.717, 1.165) is 11.3 Å². The van der Waals surface area contributed by atoms with Crippen molar-refractivity contribution < 1.29 is 14.3 Å². The summed E-state index contributed by atoms with van der Waals surface area (Å²) in [6.45, 7) is 0.659. The molecule has 0 saturated heterocycles. The van der Waals surface area contributed by atoms with Gasteiger partial charge in [-0.05, 0) is 17.7 Å². The first-order valence-electron chi connectivity index (χ1n) is 8.09. The van der Waals surface area contributed by atoms with Crippen molar-refractivity contribution in [3.8, 4) is 11.5 Å². The van der Waals surface area contributed by atoms with Crippen molar-refractivity contribution in [1.29, 1.82) is 0 Å². The van der Waals surface area contributed by atoms with Gasteiger partial charge in [0.05, 0.1) is 0 Å². The van der Waals surface area contributed by atoms with Crippen LogP contribution in [0, 0.1) is 0 Å². The van der Waals surface area contributed by atoms with E-state index in [1.165, 1.54) is 6.33 Å². The maximum atomic E-state index is 12.3. The summed E-state index contributed by atoms with van der Waals surface area (Å²) in [5, 5.41) is 5.98. The highest BCUT2D eigenvalue weighted by molar-refractivity contribution is 5.92. The lowest BCUT2D eigenvalue weighted by molar-refractivity contribution is 0.0945. The Balaban J connectivity index is 1.43. The molecule has 0 fully saturated rings. The fourth-order valence-electron chi connectivity index (χ4n) is 2.54. The largest absolute Gasteiger partial charge is 0.454 e. The van der Waals surface area contributed by atoms with E-state index in [9.17, 15) is 4.79 Å². The summed E-state index contributed by atoms with van der Waals surface area (Å²) in [5.41, 5.74) is 2.09. The highest BCUT2D eigenvalue weighted by Crippen LogP contribution is 2.34. The van der Waals surface area contributed by atoms with Gasteiger partial charge in [-0.25, -0.2) is 9.97 Å². The monoisotopic (exact) mass is 348 g/mol. The first kappa shape index (κ1) is 15.9. The molecule has 1 aliphatic heterocycles. The standard InChI is InChI=1S/C19H16N4O3/c24-19(20-10-13-4-2-1-3-5-13)15-9-18(22-11-21-15)23-14-6-7-16-17(8-14)26-12-25-16/h1-9,11H,10,12H2,(H,20,24)(H,21,22,23). The number of hydrogen-bond acceptors (Lipinski definition) is 6. The number of rotatable bonds is 5. The van der Waals surface area contributed by atoms with Gasteiger partial charge in [0, 0.05) is 24.4 Å². The average molecular weight is 348 g/mol. The van der Waals surface area contributed by atoms with Crippen LogP contribution in [0.25, 0.3) is 0 Å². The SMILES string of the molecule is O=C(NCc1ccccc1)c1cc(Nc2ccc3c(c2)OCO3)ncn1. The molecule has 4 rings (SSSR count). The summed E-state index contributed by atoms with van der Waals surface area (Å²) in [7, 11) is 0. The van der Waals surface area contributed by atoms with Crippen LogP contribution in [-0.4, -0.2) is 22.7 Å². The van der Waals surface area contributed by atoms with E-state index in [0.29, 0.717) is 29.6 Å². The molecule has 0 unspecified atom stereocenters. The molecule has 0 bridgehead atoms. The normalized spacial score (nSPS) is 11.8. The fraction of sp³-hybridized carbons (Fsp3) is 0.105. The van der Waals surface area contributed by atoms with Gasteiger partial charge >= 0.3 is 0 Å². The van der Waals surface area contributed by atoms with Crippen LogP contribution in [0.2, 0.25) is 0 Å². The lowest BCUT2D eigenvalue weighted by Gasteiger charge is -2.08. The van der Waals surface area contributed by atoms with Gasteiger partial charge < -0.3 is 20.1 Å². The fourth-order valence-corrected chi connectivity index (χ4v) is 2.54. The zero-order valence-electron chi connectivity index (χ0n) is 13.8. The first-order chi connectivity index (χ1) is 12.8. The molecule has 0 saturated carbocycles. The van der Waals surface area contributed by atoms with Gasteiger partial charge in [0.1, 0.15) is 17.8 Å². The lowest BCUT2D eigenvalue weighted by atomic mass is 10.2. The van der Waals surface area contributed by atoms with E-state index in [2.05, 4.69) is 20.6 Å². The number of nitrogens with zero attached hydrogens (tertiary/aromatic N) is 2. The van der Waals surface area contributed by atoms with Gasteiger partial charge in [0.15, 0.2) is 11.5 Å². The van der Waals surface area contributed by atoms with Crippen LogP contribution in [0.3, 0.4) is 0 Å². The van der Waals surface area contributed by atoms with E-state index in [1.54, 1.807) is 6.07 Å². The number of nitrogens with one attached hydrogen (secondary N) is 2. The zero-order chi connectivity index (χ0) is 17.8. The minimum absolute atomic E-state index is 0.220. The summed E-state index contributed by atoms with van der Waals surface area (Å²) >= 11 is 0. The van der Waals surface area contributed by atoms with Crippen molar-refractivity contribution >= 4 is 17.4 Å². The molecule has 0 spiro atoms. The minimum Gasteiger partial charge on any atom is -0.454 e. The van der Waals surface area contributed by atoms with Gasteiger partial charge in [0.2, 0.25) is 6.79 Å². The van der Waals surface area contributed by atoms with E-state index in [4.69, 9.17) is 9.47 Å². The van der Waals surface area contributed by atoms with Crippen molar-refractivity contribution in [1.82, 2.24) is 15.3 Å². The van der Waals surface area contributed by atoms with Crippen molar-refractivity contribution in [3.05, 3.63) is 72.2 Å². The molecule has 2 N–H and O–H groups in total. The second-order valence-electron chi connectivity index (χ2n) is 5.65. The molecule has 1 amide bonds. The third-order valence-electron chi connectivity index (χ3n) is 3.84. The summed E-state index contributed by atoms with van der Waals surface area (Å²) < 4.78 is 10.6. The van der Waals surface area contributed by atoms with Crippen LogP contribution in [0.15, 0.2) is 60.9 Å². The molecule has 0 radical (unpaired) electrons. The predicted octanol–water partition coefficient (Wildman–Crippen LogP) is 2.88. The molecule has 2 aromatic carbocycles. The Kier molecular flexibility index (Phi) is 4.34. The molecule has 130 valence electrons. The van der Waals surface area contributed by atoms with Crippen molar-refractivity contribution in [2.45, 2.75) is 6.54 Å². The molecule has 0 atom stereocenters. The maximum Gasteiger partial charge on any atom is 0.270 e. The number of carbonyl (C=O) groups is 1. The topological polar surface area (TPSA) is 85.4 Å². The Morgan fingerprint density at radius 2 is 1.85 bits per heavy atom. The molecular formula is C19H16N4O3. The number of hydrogen-bond donors (Lipinski definition) is 2. The molecular weight excluding hydrogens is 332 g/mol. The third-order valence-corrected chi connectivity index (χ3v) is 3.84. The van der Waals surface area contributed by atoms with Crippen molar-refractivity contribution in [2.24, 2.45) is 0 Å². The summed E-state index contributed by atoms with van der Waals surface area (Å²) in [6, 6.07) is 16.8. The molecule has 1 aliphatic rings. The molecule has 2 heterocycles. The zero-order valence-corrected chi connectivity index (χ0v) is 13.8. The number of aromatic nitrogens is 2. The Hall–Kier alpha value is -3.61. The number of fused-ring (bicyclic) bond motifs is 1. The van der Waals surface area contributed by atoms with Crippen LogP contribution in [0.4, 0.5) is 11.5 Å². The van der Waals surface area contributed by atoms with Crippen LogP contribution in [0.1, 0.15) is 16.1 Å². The minimum atomic E-state index is -0.259. The van der Waals surface area contributed by atoms with Gasteiger partial charge in [-0.3, -0.25) is 4.79 Å². The second-order valence-corrected chi connectivity index (χ2v) is 5.65. The highest BCUT2D eigenvalue weighted by Gasteiger charge is 2.14. The number of carbonyl (C=O) groups excluding carboxylic acids is 1. The van der Waals surface area contributed by atoms with E-state index in [-0.39, 0.29) is 12.7 Å². The third kappa shape index (κ3) is 3.56. The predicted molar refractivity (Wildman–Crippen MR) is 95.5 cm³/mol. The summed E-state index contributed by atoms with van der Waals surface area (Å²) in [6.07, 6.45) is 1.35. The highest BCUT2D eigenvalue weighted by atomic mass is 16.7. The van der Waals surface area contributed by atoms with E-state index < -0.39 is 0 Å². The Labute approximate surface area is 150 Å². The number of ether oxygens (including phenoxy) is 2. The van der Waals surface area contributed by atoms with Gasteiger partial charge in [0.25, 0.3) is 5.91 Å². The number of benzene rings is 2. The smallest absolute Gasteiger partial charge is 0.270 e. The molecule has 7 nitrogen and oxygen atoms in total. The Bertz CT molecular complexity index is 931. The molecule has 3 aromatic rings. The van der Waals surface area contributed by atoms with E-state index >= 15 is 0 Å². The summed E-state index contributed by atoms with van der Waals surface area (Å²) in [5.74, 6) is 1.64. The summed E-state index contributed by atoms with van der Waals surface area (Å²) in [4.78, 5) is 20.5. The first-order valence-corrected chi connectivity index (χ1v) is 8.09. The Morgan fingerprint density at radius 3 is 2.73 bits per heavy atom. The Morgan fingerprint density at radius 1 is 1.00 bits per heavy atom. The molecule has 7 heteroatoms. The van der Waals surface area contributed by atoms with Gasteiger partial charge in [-0.1, -0.05) is 30.3 Å². The molecule has 0 aliphatic carbocycles. The van der Waals surface area contributed by atoms with Gasteiger partial charge in [-0.2, -0.15) is 0 Å². The average Bonchev–Trinajstić information content (AvgIpc) is 3.15. The van der Waals surface area contributed by atoms with Crippen LogP contribution >= 0.6 is 0 Å². The lowest BCUT2D eigenvalue weighted by Crippen LogP contribution is -2.24. The number of amides is 1. The van der Waals surface area contributed by atoms with E-state index in [1.807, 2.05) is 48.5 Å². The van der Waals surface area contributed by atoms with Crippen molar-refractivity contribution in [3.63, 3.8) is 0 Å². The molecule has 26 heavy (non-hydrogen) atoms. The van der Waals surface area contributed by atoms with Crippen LogP contribution < -0.4 is 20.1 Å². The van der Waals surface area contributed by atoms with Crippen LogP contribution in [0.5, 0.6) is 11.5 Å². The van der Waals surface area contributed by atoms with Crippen molar-refractivity contribution in [2.75, 3.05) is 12.1 Å². The second kappa shape index (κ2) is 7.10. The van der Waals surface area contributed by atoms with Gasteiger partial charge in [-0.15, -0.1) is 0 Å².